The second-order valence-corrected chi connectivity index (χ2v) is 1.49. The lowest BCUT2D eigenvalue weighted by Gasteiger charge is -1.91. The van der Waals surface area contributed by atoms with E-state index in [0.717, 1.165) is 0 Å². The van der Waals surface area contributed by atoms with Gasteiger partial charge in [-0.05, 0) is 12.1 Å². The number of rotatable bonds is 0. The summed E-state index contributed by atoms with van der Waals surface area (Å²) in [4.78, 5) is 0. The van der Waals surface area contributed by atoms with Crippen LogP contribution < -0.4 is 0 Å². The Hall–Kier alpha value is -1.25. The molecule has 0 saturated carbocycles. The van der Waals surface area contributed by atoms with E-state index in [2.05, 4.69) is 0 Å². The van der Waals surface area contributed by atoms with E-state index in [4.69, 9.17) is 10.2 Å². The SMILES string of the molecule is F.Oc1ccccc1O. The smallest absolute Gasteiger partial charge is 0.157 e. The highest BCUT2D eigenvalue weighted by Crippen LogP contribution is 2.21. The van der Waals surface area contributed by atoms with Crippen LogP contribution in [0.25, 0.3) is 0 Å². The number of hydrogen-bond donors (Lipinski definition) is 2. The van der Waals surface area contributed by atoms with Gasteiger partial charge >= 0.3 is 0 Å². The van der Waals surface area contributed by atoms with Crippen LogP contribution in [0.2, 0.25) is 0 Å². The van der Waals surface area contributed by atoms with Gasteiger partial charge in [-0.25, -0.2) is 0 Å². The molecule has 0 bridgehead atoms. The standard InChI is InChI=1S/C6H6O2.FH/c7-5-3-1-2-4-6(5)8;/h1-4,7-8H;1H. The molecule has 0 aromatic heterocycles. The van der Waals surface area contributed by atoms with E-state index in [1.54, 1.807) is 12.1 Å². The van der Waals surface area contributed by atoms with Crippen molar-refractivity contribution in [3.8, 4) is 11.5 Å². The van der Waals surface area contributed by atoms with Crippen molar-refractivity contribution in [3.05, 3.63) is 24.3 Å². The van der Waals surface area contributed by atoms with E-state index in [0.29, 0.717) is 0 Å². The third-order valence-electron chi connectivity index (χ3n) is 0.882. The fourth-order valence-corrected chi connectivity index (χ4v) is 0.464. The highest BCUT2D eigenvalue weighted by Gasteiger charge is 1.90. The molecular weight excluding hydrogens is 123 g/mol. The van der Waals surface area contributed by atoms with Crippen molar-refractivity contribution in [2.45, 2.75) is 0 Å². The zero-order valence-corrected chi connectivity index (χ0v) is 4.61. The first-order valence-corrected chi connectivity index (χ1v) is 2.27. The molecule has 0 heterocycles. The summed E-state index contributed by atoms with van der Waals surface area (Å²) >= 11 is 0. The number of para-hydroxylation sites is 2. The monoisotopic (exact) mass is 130 g/mol. The van der Waals surface area contributed by atoms with Gasteiger partial charge < -0.3 is 10.2 Å². The molecule has 0 aliphatic heterocycles. The molecule has 50 valence electrons. The summed E-state index contributed by atoms with van der Waals surface area (Å²) in [5.74, 6) is -0.153. The van der Waals surface area contributed by atoms with Gasteiger partial charge in [-0.2, -0.15) is 0 Å². The molecule has 1 rings (SSSR count). The van der Waals surface area contributed by atoms with Crippen molar-refractivity contribution in [1.82, 2.24) is 0 Å². The lowest BCUT2D eigenvalue weighted by molar-refractivity contribution is 0.404. The fourth-order valence-electron chi connectivity index (χ4n) is 0.464. The van der Waals surface area contributed by atoms with Crippen molar-refractivity contribution >= 4 is 0 Å². The number of aromatic hydroxyl groups is 2. The van der Waals surface area contributed by atoms with Crippen LogP contribution in [-0.4, -0.2) is 10.2 Å². The van der Waals surface area contributed by atoms with Gasteiger partial charge in [0.2, 0.25) is 0 Å². The molecule has 3 heteroatoms. The molecule has 0 unspecified atom stereocenters. The Morgan fingerprint density at radius 3 is 1.44 bits per heavy atom. The molecule has 0 aliphatic rings. The van der Waals surface area contributed by atoms with Crippen molar-refractivity contribution < 1.29 is 14.9 Å². The van der Waals surface area contributed by atoms with Crippen molar-refractivity contribution in [2.75, 3.05) is 0 Å². The highest BCUT2D eigenvalue weighted by molar-refractivity contribution is 5.36. The first-order chi connectivity index (χ1) is 3.80. The molecule has 2 nitrogen and oxygen atoms in total. The van der Waals surface area contributed by atoms with Gasteiger partial charge in [-0.1, -0.05) is 12.1 Å². The third-order valence-corrected chi connectivity index (χ3v) is 0.882. The second kappa shape index (κ2) is 2.91. The number of hydrogen-bond acceptors (Lipinski definition) is 2. The first-order valence-electron chi connectivity index (χ1n) is 2.27. The minimum absolute atomic E-state index is 0. The minimum Gasteiger partial charge on any atom is -0.504 e. The molecule has 0 radical (unpaired) electrons. The van der Waals surface area contributed by atoms with Crippen LogP contribution in [0.1, 0.15) is 0 Å². The molecule has 1 aromatic carbocycles. The maximum atomic E-state index is 8.67. The van der Waals surface area contributed by atoms with E-state index >= 15 is 0 Å². The zero-order valence-electron chi connectivity index (χ0n) is 4.61. The van der Waals surface area contributed by atoms with Crippen LogP contribution in [0.15, 0.2) is 24.3 Å². The van der Waals surface area contributed by atoms with E-state index in [1.807, 2.05) is 0 Å². The Morgan fingerprint density at radius 1 is 0.889 bits per heavy atom. The second-order valence-electron chi connectivity index (χ2n) is 1.49. The summed E-state index contributed by atoms with van der Waals surface area (Å²) in [6, 6.07) is 6.15. The quantitative estimate of drug-likeness (QED) is 0.519. The van der Waals surface area contributed by atoms with Crippen molar-refractivity contribution in [3.63, 3.8) is 0 Å². The molecular formula is C6H7FO2. The summed E-state index contributed by atoms with van der Waals surface area (Å²) in [5.41, 5.74) is 0. The maximum absolute atomic E-state index is 8.67. The van der Waals surface area contributed by atoms with Crippen LogP contribution in [0, 0.1) is 0 Å². The molecule has 0 spiro atoms. The average Bonchev–Trinajstić information content (AvgIpc) is 1.77. The lowest BCUT2D eigenvalue weighted by Crippen LogP contribution is -1.63. The van der Waals surface area contributed by atoms with Crippen molar-refractivity contribution in [2.24, 2.45) is 0 Å². The lowest BCUT2D eigenvalue weighted by atomic mass is 10.3. The topological polar surface area (TPSA) is 40.5 Å². The zero-order chi connectivity index (χ0) is 5.98. The van der Waals surface area contributed by atoms with Gasteiger partial charge in [0, 0.05) is 0 Å². The molecule has 0 fully saturated rings. The third kappa shape index (κ3) is 1.60. The number of phenols is 2. The predicted octanol–water partition coefficient (Wildman–Crippen LogP) is 1.25. The van der Waals surface area contributed by atoms with Gasteiger partial charge in [0.1, 0.15) is 0 Å². The number of halogens is 1. The van der Waals surface area contributed by atoms with Gasteiger partial charge in [-0.3, -0.25) is 4.70 Å². The first kappa shape index (κ1) is 7.75. The summed E-state index contributed by atoms with van der Waals surface area (Å²) in [5, 5.41) is 17.3. The molecule has 1 aromatic rings. The molecule has 0 amide bonds. The Morgan fingerprint density at radius 2 is 1.22 bits per heavy atom. The Kier molecular flexibility index (Phi) is 2.51. The van der Waals surface area contributed by atoms with Crippen molar-refractivity contribution in [1.29, 1.82) is 0 Å². The molecule has 0 atom stereocenters. The van der Waals surface area contributed by atoms with E-state index in [1.165, 1.54) is 12.1 Å². The molecule has 2 N–H and O–H groups in total. The Labute approximate surface area is 51.7 Å². The predicted molar refractivity (Wildman–Crippen MR) is 32.3 cm³/mol. The highest BCUT2D eigenvalue weighted by atomic mass is 19.0. The van der Waals surface area contributed by atoms with E-state index in [-0.39, 0.29) is 16.2 Å². The number of benzene rings is 1. The molecule has 0 aliphatic carbocycles. The Bertz CT molecular complexity index is 167. The molecule has 9 heavy (non-hydrogen) atoms. The maximum Gasteiger partial charge on any atom is 0.157 e. The largest absolute Gasteiger partial charge is 0.504 e. The van der Waals surface area contributed by atoms with E-state index in [9.17, 15) is 0 Å². The van der Waals surface area contributed by atoms with Crippen LogP contribution in [0.5, 0.6) is 11.5 Å². The normalized spacial score (nSPS) is 8.00. The van der Waals surface area contributed by atoms with Crippen LogP contribution >= 0.6 is 0 Å². The van der Waals surface area contributed by atoms with Gasteiger partial charge in [0.15, 0.2) is 11.5 Å². The van der Waals surface area contributed by atoms with Crippen LogP contribution in [0.3, 0.4) is 0 Å². The summed E-state index contributed by atoms with van der Waals surface area (Å²) < 4.78 is 0. The minimum atomic E-state index is -0.0764. The number of phenolic OH excluding ortho intramolecular Hbond substituents is 2. The van der Waals surface area contributed by atoms with Crippen LogP contribution in [-0.2, 0) is 0 Å². The fraction of sp³-hybridized carbons (Fsp3) is 0. The summed E-state index contributed by atoms with van der Waals surface area (Å²) in [6.07, 6.45) is 0. The van der Waals surface area contributed by atoms with E-state index < -0.39 is 0 Å². The Balaban J connectivity index is 0.000000640. The van der Waals surface area contributed by atoms with Crippen LogP contribution in [0.4, 0.5) is 4.70 Å². The van der Waals surface area contributed by atoms with Gasteiger partial charge in [-0.15, -0.1) is 0 Å². The van der Waals surface area contributed by atoms with Gasteiger partial charge in [0.25, 0.3) is 0 Å². The average molecular weight is 130 g/mol. The van der Waals surface area contributed by atoms with Gasteiger partial charge in [0.05, 0.1) is 0 Å². The molecule has 0 saturated heterocycles. The summed E-state index contributed by atoms with van der Waals surface area (Å²) in [7, 11) is 0. The summed E-state index contributed by atoms with van der Waals surface area (Å²) in [6.45, 7) is 0.